The summed E-state index contributed by atoms with van der Waals surface area (Å²) in [5.74, 6) is -1.02. The molecule has 4 aromatic carbocycles. The van der Waals surface area contributed by atoms with E-state index in [0.29, 0.717) is 29.8 Å². The summed E-state index contributed by atoms with van der Waals surface area (Å²) in [6.45, 7) is 7.50. The van der Waals surface area contributed by atoms with E-state index in [-0.39, 0.29) is 5.91 Å². The summed E-state index contributed by atoms with van der Waals surface area (Å²) in [7, 11) is 0. The van der Waals surface area contributed by atoms with Crippen LogP contribution in [0.1, 0.15) is 55.6 Å². The van der Waals surface area contributed by atoms with E-state index in [9.17, 15) is 14.7 Å². The molecule has 0 aliphatic rings. The molecule has 196 valence electrons. The van der Waals surface area contributed by atoms with Crippen molar-refractivity contribution < 1.29 is 14.7 Å². The van der Waals surface area contributed by atoms with Crippen LogP contribution in [0.2, 0.25) is 0 Å². The fraction of sp³-hybridized carbons (Fsp3) is 0.176. The Labute approximate surface area is 228 Å². The summed E-state index contributed by atoms with van der Waals surface area (Å²) in [4.78, 5) is 24.6. The summed E-state index contributed by atoms with van der Waals surface area (Å²) in [6, 6.07) is 29.3. The zero-order valence-electron chi connectivity index (χ0n) is 22.5. The SMILES string of the molecule is CCc1ccc(CNC(=O)c2ccc3c(c2)c(C)c(C)n3Cc2ccc(-c3ccccc3C(=O)O)cc2)cc1. The van der Waals surface area contributed by atoms with Gasteiger partial charge in [-0.15, -0.1) is 0 Å². The van der Waals surface area contributed by atoms with Crippen molar-refractivity contribution in [3.05, 3.63) is 130 Å². The zero-order valence-corrected chi connectivity index (χ0v) is 22.5. The van der Waals surface area contributed by atoms with E-state index < -0.39 is 5.97 Å². The number of benzene rings is 4. The fourth-order valence-electron chi connectivity index (χ4n) is 5.07. The van der Waals surface area contributed by atoms with E-state index in [2.05, 4.69) is 54.9 Å². The summed E-state index contributed by atoms with van der Waals surface area (Å²) in [5.41, 5.74) is 9.39. The minimum absolute atomic E-state index is 0.0847. The van der Waals surface area contributed by atoms with Crippen LogP contribution in [0.15, 0.2) is 91.0 Å². The van der Waals surface area contributed by atoms with Crippen molar-refractivity contribution in [1.29, 1.82) is 0 Å². The first kappa shape index (κ1) is 26.0. The molecule has 0 fully saturated rings. The zero-order chi connectivity index (χ0) is 27.5. The van der Waals surface area contributed by atoms with E-state index in [1.807, 2.05) is 54.6 Å². The molecule has 5 rings (SSSR count). The molecule has 1 amide bonds. The van der Waals surface area contributed by atoms with Gasteiger partial charge < -0.3 is 15.0 Å². The van der Waals surface area contributed by atoms with Gasteiger partial charge in [-0.1, -0.05) is 73.7 Å². The second kappa shape index (κ2) is 11.0. The maximum absolute atomic E-state index is 12.9. The lowest BCUT2D eigenvalue weighted by atomic mass is 9.99. The third kappa shape index (κ3) is 5.34. The predicted octanol–water partition coefficient (Wildman–Crippen LogP) is 7.16. The number of amides is 1. The minimum atomic E-state index is -0.932. The Bertz CT molecular complexity index is 1660. The number of hydrogen-bond donors (Lipinski definition) is 2. The monoisotopic (exact) mass is 516 g/mol. The van der Waals surface area contributed by atoms with Gasteiger partial charge in [0.05, 0.1) is 5.56 Å². The number of aromatic carboxylic acids is 1. The molecule has 1 heterocycles. The molecule has 5 nitrogen and oxygen atoms in total. The van der Waals surface area contributed by atoms with Crippen LogP contribution < -0.4 is 5.32 Å². The van der Waals surface area contributed by atoms with E-state index in [4.69, 9.17) is 0 Å². The van der Waals surface area contributed by atoms with Crippen molar-refractivity contribution in [2.75, 3.05) is 0 Å². The maximum atomic E-state index is 12.9. The van der Waals surface area contributed by atoms with Gasteiger partial charge in [0.25, 0.3) is 5.91 Å². The molecule has 0 saturated carbocycles. The lowest BCUT2D eigenvalue weighted by Crippen LogP contribution is -2.22. The molecule has 0 radical (unpaired) electrons. The molecule has 5 aromatic rings. The molecule has 39 heavy (non-hydrogen) atoms. The Morgan fingerprint density at radius 1 is 0.821 bits per heavy atom. The molecule has 0 atom stereocenters. The van der Waals surface area contributed by atoms with Crippen LogP contribution in [0.5, 0.6) is 0 Å². The summed E-state index contributed by atoms with van der Waals surface area (Å²) in [6.07, 6.45) is 0.998. The average molecular weight is 517 g/mol. The van der Waals surface area contributed by atoms with Crippen LogP contribution in [0, 0.1) is 13.8 Å². The van der Waals surface area contributed by atoms with E-state index in [0.717, 1.165) is 45.3 Å². The third-order valence-electron chi connectivity index (χ3n) is 7.55. The quantitative estimate of drug-likeness (QED) is 0.230. The Hall–Kier alpha value is -4.64. The molecule has 5 heteroatoms. The van der Waals surface area contributed by atoms with Crippen molar-refractivity contribution in [1.82, 2.24) is 9.88 Å². The maximum Gasteiger partial charge on any atom is 0.336 e. The van der Waals surface area contributed by atoms with Crippen LogP contribution >= 0.6 is 0 Å². The number of aryl methyl sites for hydroxylation is 2. The number of aromatic nitrogens is 1. The topological polar surface area (TPSA) is 71.3 Å². The standard InChI is InChI=1S/C34H32N2O3/c1-4-24-9-11-25(12-10-24)20-35-33(37)28-17-18-32-31(19-28)22(2)23(3)36(32)21-26-13-15-27(16-14-26)29-7-5-6-8-30(29)34(38)39/h5-19H,4,20-21H2,1-3H3,(H,35,37)(H,38,39). The Kier molecular flexibility index (Phi) is 7.33. The van der Waals surface area contributed by atoms with Crippen LogP contribution in [0.3, 0.4) is 0 Å². The first-order chi connectivity index (χ1) is 18.9. The molecule has 0 aliphatic heterocycles. The molecular formula is C34H32N2O3. The van der Waals surface area contributed by atoms with Crippen molar-refractivity contribution in [3.8, 4) is 11.1 Å². The Morgan fingerprint density at radius 3 is 2.18 bits per heavy atom. The number of nitrogens with zero attached hydrogens (tertiary/aromatic N) is 1. The van der Waals surface area contributed by atoms with Gasteiger partial charge in [0.15, 0.2) is 0 Å². The number of carbonyl (C=O) groups is 2. The van der Waals surface area contributed by atoms with Gasteiger partial charge >= 0.3 is 5.97 Å². The molecule has 0 spiro atoms. The summed E-state index contributed by atoms with van der Waals surface area (Å²) < 4.78 is 2.27. The minimum Gasteiger partial charge on any atom is -0.478 e. The van der Waals surface area contributed by atoms with Gasteiger partial charge in [0.1, 0.15) is 0 Å². The number of fused-ring (bicyclic) bond motifs is 1. The molecular weight excluding hydrogens is 484 g/mol. The number of carboxylic acid groups (broad SMARTS) is 1. The summed E-state index contributed by atoms with van der Waals surface area (Å²) >= 11 is 0. The molecule has 0 aliphatic carbocycles. The Morgan fingerprint density at radius 2 is 1.49 bits per heavy atom. The molecule has 0 bridgehead atoms. The first-order valence-electron chi connectivity index (χ1n) is 13.2. The normalized spacial score (nSPS) is 11.1. The smallest absolute Gasteiger partial charge is 0.336 e. The van der Waals surface area contributed by atoms with Crippen LogP contribution in [0.25, 0.3) is 22.0 Å². The molecule has 0 unspecified atom stereocenters. The van der Waals surface area contributed by atoms with Crippen molar-refractivity contribution in [3.63, 3.8) is 0 Å². The van der Waals surface area contributed by atoms with E-state index in [1.165, 1.54) is 5.56 Å². The summed E-state index contributed by atoms with van der Waals surface area (Å²) in [5, 5.41) is 13.6. The lowest BCUT2D eigenvalue weighted by Gasteiger charge is -2.11. The van der Waals surface area contributed by atoms with Crippen LogP contribution in [-0.2, 0) is 19.5 Å². The third-order valence-corrected chi connectivity index (χ3v) is 7.55. The molecule has 2 N–H and O–H groups in total. The number of rotatable bonds is 8. The van der Waals surface area contributed by atoms with Gasteiger partial charge in [-0.05, 0) is 77.9 Å². The lowest BCUT2D eigenvalue weighted by molar-refractivity contribution is 0.0697. The number of carbonyl (C=O) groups excluding carboxylic acids is 1. The van der Waals surface area contributed by atoms with Crippen molar-refractivity contribution in [2.24, 2.45) is 0 Å². The van der Waals surface area contributed by atoms with Gasteiger partial charge in [-0.3, -0.25) is 4.79 Å². The molecule has 0 saturated heterocycles. The Balaban J connectivity index is 1.35. The van der Waals surface area contributed by atoms with Gasteiger partial charge in [0.2, 0.25) is 0 Å². The van der Waals surface area contributed by atoms with Gasteiger partial charge in [0, 0.05) is 35.2 Å². The first-order valence-corrected chi connectivity index (χ1v) is 13.2. The largest absolute Gasteiger partial charge is 0.478 e. The second-order valence-electron chi connectivity index (χ2n) is 9.93. The fourth-order valence-corrected chi connectivity index (χ4v) is 5.07. The number of nitrogens with one attached hydrogen (secondary N) is 1. The molecule has 1 aromatic heterocycles. The highest BCUT2D eigenvalue weighted by molar-refractivity contribution is 5.99. The number of carboxylic acids is 1. The predicted molar refractivity (Wildman–Crippen MR) is 156 cm³/mol. The highest BCUT2D eigenvalue weighted by Gasteiger charge is 2.15. The van der Waals surface area contributed by atoms with E-state index >= 15 is 0 Å². The van der Waals surface area contributed by atoms with Gasteiger partial charge in [-0.2, -0.15) is 0 Å². The van der Waals surface area contributed by atoms with Crippen LogP contribution in [0.4, 0.5) is 0 Å². The van der Waals surface area contributed by atoms with Crippen LogP contribution in [-0.4, -0.2) is 21.6 Å². The highest BCUT2D eigenvalue weighted by atomic mass is 16.4. The average Bonchev–Trinajstić information content (AvgIpc) is 3.20. The van der Waals surface area contributed by atoms with Gasteiger partial charge in [-0.25, -0.2) is 4.79 Å². The van der Waals surface area contributed by atoms with Crippen molar-refractivity contribution in [2.45, 2.75) is 40.3 Å². The van der Waals surface area contributed by atoms with Crippen molar-refractivity contribution >= 4 is 22.8 Å². The second-order valence-corrected chi connectivity index (χ2v) is 9.93. The number of hydrogen-bond acceptors (Lipinski definition) is 2. The van der Waals surface area contributed by atoms with E-state index in [1.54, 1.807) is 12.1 Å². The highest BCUT2D eigenvalue weighted by Crippen LogP contribution is 2.29.